The number of hydrogen-bond acceptors (Lipinski definition) is 5. The first-order valence-electron chi connectivity index (χ1n) is 7.70. The molecule has 0 spiro atoms. The zero-order valence-electron chi connectivity index (χ0n) is 13.3. The summed E-state index contributed by atoms with van der Waals surface area (Å²) in [5, 5.41) is 3.71. The lowest BCUT2D eigenvalue weighted by atomic mass is 10.1. The lowest BCUT2D eigenvalue weighted by Gasteiger charge is -2.18. The van der Waals surface area contributed by atoms with Gasteiger partial charge in [-0.25, -0.2) is 13.1 Å². The molecule has 0 saturated carbocycles. The minimum atomic E-state index is -3.57. The van der Waals surface area contributed by atoms with Crippen LogP contribution in [0.1, 0.15) is 17.9 Å². The van der Waals surface area contributed by atoms with Gasteiger partial charge < -0.3 is 9.42 Å². The molecule has 0 aliphatic carbocycles. The van der Waals surface area contributed by atoms with Gasteiger partial charge in [-0.2, -0.15) is 0 Å². The minimum Gasteiger partial charge on any atom is -0.371 e. The smallest absolute Gasteiger partial charge is 0.245 e. The van der Waals surface area contributed by atoms with Crippen LogP contribution in [0.3, 0.4) is 0 Å². The van der Waals surface area contributed by atoms with E-state index in [2.05, 4.69) is 26.9 Å². The molecule has 1 aliphatic rings. The summed E-state index contributed by atoms with van der Waals surface area (Å²) in [4.78, 5) is 2.45. The van der Waals surface area contributed by atoms with Crippen molar-refractivity contribution in [1.29, 1.82) is 0 Å². The molecule has 124 valence electrons. The molecule has 0 bridgehead atoms. The van der Waals surface area contributed by atoms with Crippen LogP contribution in [-0.2, 0) is 10.0 Å². The monoisotopic (exact) mass is 335 g/mol. The number of nitrogens with one attached hydrogen (secondary N) is 1. The van der Waals surface area contributed by atoms with E-state index in [1.807, 2.05) is 18.2 Å². The Morgan fingerprint density at radius 1 is 1.30 bits per heavy atom. The zero-order valence-corrected chi connectivity index (χ0v) is 14.1. The van der Waals surface area contributed by atoms with Gasteiger partial charge in [0, 0.05) is 25.3 Å². The van der Waals surface area contributed by atoms with E-state index < -0.39 is 10.0 Å². The topological polar surface area (TPSA) is 75.4 Å². The van der Waals surface area contributed by atoms with Crippen LogP contribution in [0.25, 0.3) is 0 Å². The van der Waals surface area contributed by atoms with Crippen LogP contribution < -0.4 is 9.62 Å². The molecular weight excluding hydrogens is 314 g/mol. The van der Waals surface area contributed by atoms with E-state index in [0.29, 0.717) is 23.9 Å². The average Bonchev–Trinajstić information content (AvgIpc) is 3.13. The molecule has 1 atom stereocenters. The summed E-state index contributed by atoms with van der Waals surface area (Å²) < 4.78 is 32.5. The first-order chi connectivity index (χ1) is 11.0. The number of hydrogen-bond donors (Lipinski definition) is 1. The van der Waals surface area contributed by atoms with Gasteiger partial charge in [-0.15, -0.1) is 0 Å². The van der Waals surface area contributed by atoms with Crippen molar-refractivity contribution in [2.45, 2.75) is 25.2 Å². The van der Waals surface area contributed by atoms with Gasteiger partial charge in [0.2, 0.25) is 10.0 Å². The second-order valence-corrected chi connectivity index (χ2v) is 7.65. The Kier molecular flexibility index (Phi) is 4.41. The highest BCUT2D eigenvalue weighted by Gasteiger charge is 2.27. The van der Waals surface area contributed by atoms with Crippen molar-refractivity contribution in [2.24, 2.45) is 5.92 Å². The maximum Gasteiger partial charge on any atom is 0.245 e. The number of anilines is 1. The maximum atomic E-state index is 12.4. The summed E-state index contributed by atoms with van der Waals surface area (Å²) in [5.74, 6) is 0.623. The fraction of sp³-hybridized carbons (Fsp3) is 0.438. The number of benzene rings is 1. The second kappa shape index (κ2) is 6.33. The van der Waals surface area contributed by atoms with E-state index in [0.717, 1.165) is 19.5 Å². The van der Waals surface area contributed by atoms with Gasteiger partial charge in [0.25, 0.3) is 0 Å². The molecule has 1 aromatic heterocycles. The van der Waals surface area contributed by atoms with E-state index in [9.17, 15) is 8.42 Å². The Bertz CT molecular complexity index is 752. The molecule has 0 radical (unpaired) electrons. The molecular formula is C16H21N3O3S. The minimum absolute atomic E-state index is 0.162. The Labute approximate surface area is 136 Å². The van der Waals surface area contributed by atoms with Gasteiger partial charge in [-0.3, -0.25) is 0 Å². The second-order valence-electron chi connectivity index (χ2n) is 5.94. The predicted octanol–water partition coefficient (Wildman–Crippen LogP) is 2.10. The molecule has 7 heteroatoms. The summed E-state index contributed by atoms with van der Waals surface area (Å²) in [5.41, 5.74) is 1.58. The molecule has 3 rings (SSSR count). The molecule has 2 heterocycles. The fourth-order valence-electron chi connectivity index (χ4n) is 3.03. The van der Waals surface area contributed by atoms with Gasteiger partial charge in [-0.05, 0) is 38.3 Å². The molecule has 0 amide bonds. The van der Waals surface area contributed by atoms with Crippen molar-refractivity contribution in [2.75, 3.05) is 24.5 Å². The molecule has 6 nitrogen and oxygen atoms in total. The van der Waals surface area contributed by atoms with E-state index in [1.165, 1.54) is 5.69 Å². The number of rotatable bonds is 5. The lowest BCUT2D eigenvalue weighted by Crippen LogP contribution is -2.31. The van der Waals surface area contributed by atoms with E-state index in [-0.39, 0.29) is 4.90 Å². The summed E-state index contributed by atoms with van der Waals surface area (Å²) >= 11 is 0. The Morgan fingerprint density at radius 3 is 2.70 bits per heavy atom. The van der Waals surface area contributed by atoms with Crippen LogP contribution in [0.4, 0.5) is 5.69 Å². The molecule has 1 aromatic carbocycles. The molecule has 1 fully saturated rings. The van der Waals surface area contributed by atoms with Crippen molar-refractivity contribution >= 4 is 15.7 Å². The standard InChI is InChI=1S/C16H21N3O3S/c1-12-16(13(2)22-18-12)23(20,21)17-10-14-8-9-19(11-14)15-6-4-3-5-7-15/h3-7,14,17H,8-11H2,1-2H3/t14-/m0/s1. The molecule has 1 aliphatic heterocycles. The van der Waals surface area contributed by atoms with Crippen molar-refractivity contribution in [3.63, 3.8) is 0 Å². The maximum absolute atomic E-state index is 12.4. The highest BCUT2D eigenvalue weighted by Crippen LogP contribution is 2.24. The Morgan fingerprint density at radius 2 is 2.04 bits per heavy atom. The van der Waals surface area contributed by atoms with Crippen molar-refractivity contribution in [3.8, 4) is 0 Å². The summed E-state index contributed by atoms with van der Waals surface area (Å²) in [6.45, 7) is 5.48. The number of para-hydroxylation sites is 1. The SMILES string of the molecule is Cc1noc(C)c1S(=O)(=O)NC[C@@H]1CCN(c2ccccc2)C1. The number of nitrogens with zero attached hydrogens (tertiary/aromatic N) is 2. The largest absolute Gasteiger partial charge is 0.371 e. The third-order valence-electron chi connectivity index (χ3n) is 4.21. The highest BCUT2D eigenvalue weighted by atomic mass is 32.2. The van der Waals surface area contributed by atoms with Crippen molar-refractivity contribution < 1.29 is 12.9 Å². The number of aromatic nitrogens is 1. The quantitative estimate of drug-likeness (QED) is 0.905. The molecule has 1 saturated heterocycles. The Balaban J connectivity index is 1.61. The van der Waals surface area contributed by atoms with Gasteiger partial charge in [0.15, 0.2) is 5.76 Å². The summed E-state index contributed by atoms with van der Waals surface area (Å²) in [7, 11) is -3.57. The highest BCUT2D eigenvalue weighted by molar-refractivity contribution is 7.89. The van der Waals surface area contributed by atoms with E-state index in [1.54, 1.807) is 13.8 Å². The van der Waals surface area contributed by atoms with Gasteiger partial charge >= 0.3 is 0 Å². The first kappa shape index (κ1) is 16.0. The fourth-order valence-corrected chi connectivity index (χ4v) is 4.47. The van der Waals surface area contributed by atoms with E-state index >= 15 is 0 Å². The summed E-state index contributed by atoms with van der Waals surface area (Å²) in [6.07, 6.45) is 0.971. The molecule has 1 N–H and O–H groups in total. The van der Waals surface area contributed by atoms with Gasteiger partial charge in [0.05, 0.1) is 0 Å². The average molecular weight is 335 g/mol. The van der Waals surface area contributed by atoms with Crippen LogP contribution in [0.2, 0.25) is 0 Å². The molecule has 0 unspecified atom stereocenters. The third-order valence-corrected chi connectivity index (χ3v) is 5.87. The van der Waals surface area contributed by atoms with Gasteiger partial charge in [0.1, 0.15) is 10.6 Å². The Hall–Kier alpha value is -1.86. The lowest BCUT2D eigenvalue weighted by molar-refractivity contribution is 0.390. The van der Waals surface area contributed by atoms with Crippen molar-refractivity contribution in [1.82, 2.24) is 9.88 Å². The number of aryl methyl sites for hydroxylation is 2. The van der Waals surface area contributed by atoms with Crippen molar-refractivity contribution in [3.05, 3.63) is 41.8 Å². The summed E-state index contributed by atoms with van der Waals surface area (Å²) in [6, 6.07) is 10.2. The van der Waals surface area contributed by atoms with Crippen LogP contribution in [0.5, 0.6) is 0 Å². The van der Waals surface area contributed by atoms with E-state index in [4.69, 9.17) is 4.52 Å². The number of sulfonamides is 1. The third kappa shape index (κ3) is 3.40. The van der Waals surface area contributed by atoms with Crippen LogP contribution >= 0.6 is 0 Å². The van der Waals surface area contributed by atoms with Gasteiger partial charge in [-0.1, -0.05) is 23.4 Å². The zero-order chi connectivity index (χ0) is 16.4. The molecule has 23 heavy (non-hydrogen) atoms. The first-order valence-corrected chi connectivity index (χ1v) is 9.18. The normalized spacial score (nSPS) is 18.5. The van der Waals surface area contributed by atoms with Crippen LogP contribution in [0.15, 0.2) is 39.8 Å². The predicted molar refractivity (Wildman–Crippen MR) is 87.9 cm³/mol. The molecule has 2 aromatic rings. The van der Waals surface area contributed by atoms with Crippen LogP contribution in [0, 0.1) is 19.8 Å². The van der Waals surface area contributed by atoms with Crippen LogP contribution in [-0.4, -0.2) is 33.2 Å².